The fourth-order valence-corrected chi connectivity index (χ4v) is 1.51. The number of nitrogens with one attached hydrogen (secondary N) is 1. The highest BCUT2D eigenvalue weighted by molar-refractivity contribution is 5.76. The number of amides is 1. The summed E-state index contributed by atoms with van der Waals surface area (Å²) in [4.78, 5) is 17.6. The van der Waals surface area contributed by atoms with Crippen LogP contribution in [0.25, 0.3) is 0 Å². The lowest BCUT2D eigenvalue weighted by atomic mass is 10.3. The van der Waals surface area contributed by atoms with Gasteiger partial charge >= 0.3 is 6.03 Å². The maximum atomic E-state index is 11.5. The van der Waals surface area contributed by atoms with Gasteiger partial charge in [-0.25, -0.2) is 9.78 Å². The van der Waals surface area contributed by atoms with Gasteiger partial charge < -0.3 is 10.2 Å². The number of hydrogen-bond acceptors (Lipinski definition) is 3. The summed E-state index contributed by atoms with van der Waals surface area (Å²) in [5.41, 5.74) is 0. The molecule has 1 N–H and O–H groups in total. The van der Waals surface area contributed by atoms with E-state index in [4.69, 9.17) is 0 Å². The highest BCUT2D eigenvalue weighted by Crippen LogP contribution is 1.90. The van der Waals surface area contributed by atoms with Gasteiger partial charge in [0.1, 0.15) is 6.33 Å². The molecule has 0 saturated heterocycles. The highest BCUT2D eigenvalue weighted by atomic mass is 16.2. The first-order chi connectivity index (χ1) is 7.77. The molecule has 0 spiro atoms. The van der Waals surface area contributed by atoms with E-state index in [0.29, 0.717) is 6.54 Å². The van der Waals surface area contributed by atoms with E-state index in [1.165, 1.54) is 10.9 Å². The Morgan fingerprint density at radius 2 is 2.19 bits per heavy atom. The van der Waals surface area contributed by atoms with Crippen molar-refractivity contribution >= 4 is 6.03 Å². The predicted octanol–water partition coefficient (Wildman–Crippen LogP) is 1.17. The van der Waals surface area contributed by atoms with E-state index in [1.54, 1.807) is 12.4 Å². The van der Waals surface area contributed by atoms with Crippen LogP contribution in [0.2, 0.25) is 0 Å². The summed E-state index contributed by atoms with van der Waals surface area (Å²) in [6.45, 7) is 8.14. The topological polar surface area (TPSA) is 50.2 Å². The monoisotopic (exact) mass is 224 g/mol. The SMILES string of the molecule is CCN(CC)CCCNC(=O)n1ccnc1. The second-order valence-corrected chi connectivity index (χ2v) is 3.58. The van der Waals surface area contributed by atoms with Crippen molar-refractivity contribution in [1.29, 1.82) is 0 Å². The van der Waals surface area contributed by atoms with Crippen molar-refractivity contribution in [3.8, 4) is 0 Å². The molecular formula is C11H20N4O. The quantitative estimate of drug-likeness (QED) is 0.738. The van der Waals surface area contributed by atoms with Crippen LogP contribution < -0.4 is 5.32 Å². The fraction of sp³-hybridized carbons (Fsp3) is 0.636. The van der Waals surface area contributed by atoms with E-state index in [0.717, 1.165) is 26.1 Å². The first-order valence-electron chi connectivity index (χ1n) is 5.76. The smallest absolute Gasteiger partial charge is 0.326 e. The minimum absolute atomic E-state index is 0.114. The van der Waals surface area contributed by atoms with Crippen LogP contribution in [-0.4, -0.2) is 46.7 Å². The number of aromatic nitrogens is 2. The average Bonchev–Trinajstić information content (AvgIpc) is 2.82. The number of carbonyl (C=O) groups excluding carboxylic acids is 1. The first kappa shape index (κ1) is 12.7. The molecule has 1 aromatic rings. The summed E-state index contributed by atoms with van der Waals surface area (Å²) in [5, 5.41) is 2.85. The van der Waals surface area contributed by atoms with E-state index in [2.05, 4.69) is 29.0 Å². The molecule has 16 heavy (non-hydrogen) atoms. The van der Waals surface area contributed by atoms with Gasteiger partial charge in [-0.05, 0) is 26.1 Å². The third-order valence-corrected chi connectivity index (χ3v) is 2.56. The summed E-state index contributed by atoms with van der Waals surface area (Å²) in [6.07, 6.45) is 5.71. The van der Waals surface area contributed by atoms with Crippen molar-refractivity contribution in [2.75, 3.05) is 26.2 Å². The van der Waals surface area contributed by atoms with E-state index < -0.39 is 0 Å². The number of hydrogen-bond donors (Lipinski definition) is 1. The van der Waals surface area contributed by atoms with Crippen LogP contribution in [0, 0.1) is 0 Å². The molecule has 0 aliphatic heterocycles. The summed E-state index contributed by atoms with van der Waals surface area (Å²) in [7, 11) is 0. The van der Waals surface area contributed by atoms with E-state index >= 15 is 0 Å². The molecule has 0 unspecified atom stereocenters. The molecule has 1 heterocycles. The van der Waals surface area contributed by atoms with E-state index in [-0.39, 0.29) is 6.03 Å². The fourth-order valence-electron chi connectivity index (χ4n) is 1.51. The second-order valence-electron chi connectivity index (χ2n) is 3.58. The van der Waals surface area contributed by atoms with E-state index in [1.807, 2.05) is 0 Å². The summed E-state index contributed by atoms with van der Waals surface area (Å²) >= 11 is 0. The van der Waals surface area contributed by atoms with Gasteiger partial charge in [-0.2, -0.15) is 0 Å². The minimum atomic E-state index is -0.114. The zero-order valence-corrected chi connectivity index (χ0v) is 10.0. The van der Waals surface area contributed by atoms with Crippen molar-refractivity contribution in [2.45, 2.75) is 20.3 Å². The van der Waals surface area contributed by atoms with Crippen LogP contribution in [0.3, 0.4) is 0 Å². The Balaban J connectivity index is 2.14. The third kappa shape index (κ3) is 4.02. The van der Waals surface area contributed by atoms with Crippen molar-refractivity contribution in [3.63, 3.8) is 0 Å². The molecule has 5 nitrogen and oxygen atoms in total. The lowest BCUT2D eigenvalue weighted by Crippen LogP contribution is -2.31. The van der Waals surface area contributed by atoms with Gasteiger partial charge in [0.15, 0.2) is 0 Å². The second kappa shape index (κ2) is 7.00. The van der Waals surface area contributed by atoms with E-state index in [9.17, 15) is 4.79 Å². The lowest BCUT2D eigenvalue weighted by Gasteiger charge is -2.17. The van der Waals surface area contributed by atoms with Crippen LogP contribution in [-0.2, 0) is 0 Å². The van der Waals surface area contributed by atoms with Gasteiger partial charge in [0.25, 0.3) is 0 Å². The normalized spacial score (nSPS) is 10.7. The first-order valence-corrected chi connectivity index (χ1v) is 5.76. The summed E-state index contributed by atoms with van der Waals surface area (Å²) in [5.74, 6) is 0. The Morgan fingerprint density at radius 3 is 2.75 bits per heavy atom. The molecule has 0 radical (unpaired) electrons. The Kier molecular flexibility index (Phi) is 5.56. The van der Waals surface area contributed by atoms with Crippen molar-refractivity contribution in [1.82, 2.24) is 19.8 Å². The number of rotatable bonds is 6. The van der Waals surface area contributed by atoms with Crippen molar-refractivity contribution in [3.05, 3.63) is 18.7 Å². The maximum Gasteiger partial charge on any atom is 0.326 e. The van der Waals surface area contributed by atoms with Crippen LogP contribution in [0.1, 0.15) is 20.3 Å². The molecule has 0 bridgehead atoms. The van der Waals surface area contributed by atoms with Crippen LogP contribution >= 0.6 is 0 Å². The molecular weight excluding hydrogens is 204 g/mol. The zero-order valence-electron chi connectivity index (χ0n) is 10.0. The van der Waals surface area contributed by atoms with Gasteiger partial charge in [0.05, 0.1) is 0 Å². The average molecular weight is 224 g/mol. The molecule has 1 aromatic heterocycles. The number of carbonyl (C=O) groups is 1. The molecule has 0 aliphatic carbocycles. The molecule has 0 aliphatic rings. The Morgan fingerprint density at radius 1 is 1.44 bits per heavy atom. The maximum absolute atomic E-state index is 11.5. The lowest BCUT2D eigenvalue weighted by molar-refractivity contribution is 0.240. The van der Waals surface area contributed by atoms with Crippen molar-refractivity contribution < 1.29 is 4.79 Å². The Bertz CT molecular complexity index is 293. The van der Waals surface area contributed by atoms with Crippen molar-refractivity contribution in [2.24, 2.45) is 0 Å². The molecule has 5 heteroatoms. The molecule has 1 rings (SSSR count). The largest absolute Gasteiger partial charge is 0.337 e. The minimum Gasteiger partial charge on any atom is -0.337 e. The third-order valence-electron chi connectivity index (χ3n) is 2.56. The molecule has 0 fully saturated rings. The Hall–Kier alpha value is -1.36. The number of imidazole rings is 1. The number of nitrogens with zero attached hydrogens (tertiary/aromatic N) is 3. The molecule has 90 valence electrons. The van der Waals surface area contributed by atoms with Gasteiger partial charge in [0, 0.05) is 18.9 Å². The van der Waals surface area contributed by atoms with Crippen LogP contribution in [0.4, 0.5) is 4.79 Å². The molecule has 1 amide bonds. The highest BCUT2D eigenvalue weighted by Gasteiger charge is 2.02. The molecule has 0 saturated carbocycles. The van der Waals surface area contributed by atoms with Gasteiger partial charge in [-0.1, -0.05) is 13.8 Å². The zero-order chi connectivity index (χ0) is 11.8. The van der Waals surface area contributed by atoms with Crippen LogP contribution in [0.5, 0.6) is 0 Å². The molecule has 0 atom stereocenters. The van der Waals surface area contributed by atoms with Gasteiger partial charge in [-0.3, -0.25) is 4.57 Å². The Labute approximate surface area is 96.5 Å². The van der Waals surface area contributed by atoms with Gasteiger partial charge in [-0.15, -0.1) is 0 Å². The van der Waals surface area contributed by atoms with Crippen LogP contribution in [0.15, 0.2) is 18.7 Å². The predicted molar refractivity (Wildman–Crippen MR) is 63.4 cm³/mol. The standard InChI is InChI=1S/C11H20N4O/c1-3-14(4-2)8-5-6-13-11(16)15-9-7-12-10-15/h7,9-10H,3-6,8H2,1-2H3,(H,13,16). The summed E-state index contributed by atoms with van der Waals surface area (Å²) in [6, 6.07) is -0.114. The van der Waals surface area contributed by atoms with Gasteiger partial charge in [0.2, 0.25) is 0 Å². The summed E-state index contributed by atoms with van der Waals surface area (Å²) < 4.78 is 1.44. The molecule has 0 aromatic carbocycles.